The first-order chi connectivity index (χ1) is 20.3. The van der Waals surface area contributed by atoms with Gasteiger partial charge >= 0.3 is 29.8 Å². The number of morpholine rings is 1. The van der Waals surface area contributed by atoms with Crippen molar-refractivity contribution < 1.29 is 62.7 Å². The molecule has 1 amide bonds. The van der Waals surface area contributed by atoms with E-state index in [1.807, 2.05) is 4.90 Å². The van der Waals surface area contributed by atoms with Crippen LogP contribution < -0.4 is 9.64 Å². The molecule has 1 aromatic heterocycles. The normalized spacial score (nSPS) is 13.9. The molecule has 0 aliphatic carbocycles. The number of ether oxygens (including phenoxy) is 5. The Labute approximate surface area is 251 Å². The molecule has 1 atom stereocenters. The lowest BCUT2D eigenvalue weighted by atomic mass is 10.1. The molecule has 240 valence electrons. The van der Waals surface area contributed by atoms with E-state index in [1.54, 1.807) is 20.8 Å². The third-order valence-electron chi connectivity index (χ3n) is 5.75. The second-order valence-electron chi connectivity index (χ2n) is 10.2. The van der Waals surface area contributed by atoms with Gasteiger partial charge in [-0.1, -0.05) is 0 Å². The summed E-state index contributed by atoms with van der Waals surface area (Å²) in [5.41, 5.74) is -0.861. The van der Waals surface area contributed by atoms with Crippen molar-refractivity contribution in [1.29, 1.82) is 0 Å². The van der Waals surface area contributed by atoms with Crippen molar-refractivity contribution in [3.63, 3.8) is 0 Å². The molecule has 17 nitrogen and oxygen atoms in total. The van der Waals surface area contributed by atoms with Gasteiger partial charge in [0.15, 0.2) is 19.3 Å². The SMILES string of the molecule is CC(C)(C)N(C[C@@H](COc1nsnc1N1CCOCC1)OC(=O)COC(=O)CCC(=O)O)C(=O)COC(=O)CCC(=O)O. The number of rotatable bonds is 17. The Morgan fingerprint density at radius 3 is 2.05 bits per heavy atom. The number of carboxylic acids is 2. The molecule has 2 N–H and O–H groups in total. The molecule has 0 spiro atoms. The van der Waals surface area contributed by atoms with E-state index in [4.69, 9.17) is 33.9 Å². The first kappa shape index (κ1) is 35.1. The summed E-state index contributed by atoms with van der Waals surface area (Å²) < 4.78 is 34.9. The Morgan fingerprint density at radius 1 is 0.907 bits per heavy atom. The molecular weight excluding hydrogens is 596 g/mol. The van der Waals surface area contributed by atoms with Gasteiger partial charge in [-0.2, -0.15) is 4.37 Å². The topological polar surface area (TPSA) is 221 Å². The van der Waals surface area contributed by atoms with Crippen LogP contribution in [0.25, 0.3) is 0 Å². The van der Waals surface area contributed by atoms with E-state index >= 15 is 0 Å². The zero-order valence-corrected chi connectivity index (χ0v) is 25.0. The Bertz CT molecular complexity index is 1130. The minimum atomic E-state index is -1.20. The van der Waals surface area contributed by atoms with Crippen LogP contribution in [-0.4, -0.2) is 124 Å². The summed E-state index contributed by atoms with van der Waals surface area (Å²) in [6, 6.07) is 0. The molecule has 1 fully saturated rings. The smallest absolute Gasteiger partial charge is 0.344 e. The maximum Gasteiger partial charge on any atom is 0.344 e. The van der Waals surface area contributed by atoms with Gasteiger partial charge < -0.3 is 43.7 Å². The van der Waals surface area contributed by atoms with Crippen molar-refractivity contribution in [2.45, 2.75) is 58.1 Å². The van der Waals surface area contributed by atoms with E-state index in [9.17, 15) is 28.8 Å². The molecule has 0 aromatic carbocycles. The lowest BCUT2D eigenvalue weighted by molar-refractivity contribution is -0.167. The van der Waals surface area contributed by atoms with Crippen molar-refractivity contribution in [3.05, 3.63) is 0 Å². The number of hydrogen-bond donors (Lipinski definition) is 2. The van der Waals surface area contributed by atoms with Gasteiger partial charge in [-0.3, -0.25) is 24.0 Å². The predicted molar refractivity (Wildman–Crippen MR) is 145 cm³/mol. The first-order valence-corrected chi connectivity index (χ1v) is 14.0. The van der Waals surface area contributed by atoms with E-state index in [2.05, 4.69) is 8.75 Å². The van der Waals surface area contributed by atoms with Crippen LogP contribution in [0.1, 0.15) is 46.5 Å². The second kappa shape index (κ2) is 17.2. The fraction of sp³-hybridized carbons (Fsp3) is 0.680. The molecule has 1 aliphatic heterocycles. The highest BCUT2D eigenvalue weighted by Crippen LogP contribution is 2.27. The monoisotopic (exact) mass is 632 g/mol. The number of carbonyl (C=O) groups is 6. The number of aromatic nitrogens is 2. The molecule has 1 saturated heterocycles. The standard InChI is InChI=1S/C25H36N4O13S/c1-25(2,3)29(17(30)14-39-20(35)6-4-18(31)32)12-16(42-22(37)15-40-21(36)7-5-19(33)34)13-41-24-23(26-43-27-24)28-8-10-38-11-9-28/h16H,4-15H2,1-3H3,(H,31,32)(H,33,34)/t16-/m0/s1. The summed E-state index contributed by atoms with van der Waals surface area (Å²) in [6.45, 7) is 5.17. The number of amides is 1. The van der Waals surface area contributed by atoms with Gasteiger partial charge in [0, 0.05) is 18.6 Å². The molecule has 43 heavy (non-hydrogen) atoms. The summed E-state index contributed by atoms with van der Waals surface area (Å²) in [7, 11) is 0. The Hall–Kier alpha value is -4.06. The number of anilines is 1. The molecule has 1 aliphatic rings. The lowest BCUT2D eigenvalue weighted by Gasteiger charge is -2.37. The fourth-order valence-corrected chi connectivity index (χ4v) is 4.15. The van der Waals surface area contributed by atoms with Crippen molar-refractivity contribution in [2.75, 3.05) is 57.6 Å². The molecule has 0 radical (unpaired) electrons. The highest BCUT2D eigenvalue weighted by atomic mass is 32.1. The number of hydrogen-bond acceptors (Lipinski definition) is 15. The molecule has 18 heteroatoms. The minimum Gasteiger partial charge on any atom is -0.481 e. The van der Waals surface area contributed by atoms with Crippen molar-refractivity contribution in [2.24, 2.45) is 0 Å². The van der Waals surface area contributed by atoms with E-state index in [-0.39, 0.29) is 19.0 Å². The highest BCUT2D eigenvalue weighted by Gasteiger charge is 2.32. The van der Waals surface area contributed by atoms with E-state index in [0.717, 1.165) is 11.7 Å². The largest absolute Gasteiger partial charge is 0.481 e. The van der Waals surface area contributed by atoms with Crippen molar-refractivity contribution in [3.8, 4) is 5.88 Å². The highest BCUT2D eigenvalue weighted by molar-refractivity contribution is 6.99. The third-order valence-corrected chi connectivity index (χ3v) is 6.25. The Balaban J connectivity index is 2.13. The summed E-state index contributed by atoms with van der Waals surface area (Å²) in [5, 5.41) is 17.4. The summed E-state index contributed by atoms with van der Waals surface area (Å²) in [5.74, 6) is -5.16. The van der Waals surface area contributed by atoms with Gasteiger partial charge in [-0.15, -0.1) is 4.37 Å². The van der Waals surface area contributed by atoms with Crippen molar-refractivity contribution in [1.82, 2.24) is 13.6 Å². The zero-order chi connectivity index (χ0) is 32.0. The van der Waals surface area contributed by atoms with Crippen LogP contribution in [0.4, 0.5) is 5.82 Å². The predicted octanol–water partition coefficient (Wildman–Crippen LogP) is 0.108. The molecular formula is C25H36N4O13S. The average Bonchev–Trinajstić information content (AvgIpc) is 3.42. The quantitative estimate of drug-likeness (QED) is 0.172. The van der Waals surface area contributed by atoms with Crippen LogP contribution in [0.15, 0.2) is 0 Å². The molecule has 2 rings (SSSR count). The van der Waals surface area contributed by atoms with Gasteiger partial charge in [-0.25, -0.2) is 4.79 Å². The number of esters is 3. The summed E-state index contributed by atoms with van der Waals surface area (Å²) >= 11 is 0.917. The molecule has 0 unspecified atom stereocenters. The van der Waals surface area contributed by atoms with E-state index < -0.39 is 86.3 Å². The molecule has 1 aromatic rings. The second-order valence-corrected chi connectivity index (χ2v) is 10.7. The van der Waals surface area contributed by atoms with Gasteiger partial charge in [-0.05, 0) is 20.8 Å². The number of nitrogens with zero attached hydrogens (tertiary/aromatic N) is 4. The number of carboxylic acid groups (broad SMARTS) is 2. The molecule has 0 saturated carbocycles. The van der Waals surface area contributed by atoms with Crippen LogP contribution in [0, 0.1) is 0 Å². The number of aliphatic carboxylic acids is 2. The molecule has 2 heterocycles. The van der Waals surface area contributed by atoms with Gasteiger partial charge in [0.25, 0.3) is 11.8 Å². The third kappa shape index (κ3) is 13.2. The van der Waals surface area contributed by atoms with E-state index in [0.29, 0.717) is 32.1 Å². The Morgan fingerprint density at radius 2 is 1.49 bits per heavy atom. The van der Waals surface area contributed by atoms with Crippen LogP contribution in [0.3, 0.4) is 0 Å². The Kier molecular flexibility index (Phi) is 14.0. The number of carbonyl (C=O) groups excluding carboxylic acids is 4. The van der Waals surface area contributed by atoms with E-state index in [1.165, 1.54) is 4.90 Å². The van der Waals surface area contributed by atoms with Gasteiger partial charge in [0.05, 0.1) is 57.2 Å². The first-order valence-electron chi connectivity index (χ1n) is 13.3. The molecule has 0 bridgehead atoms. The lowest BCUT2D eigenvalue weighted by Crippen LogP contribution is -2.52. The van der Waals surface area contributed by atoms with Crippen LogP contribution in [0.2, 0.25) is 0 Å². The zero-order valence-electron chi connectivity index (χ0n) is 24.1. The summed E-state index contributed by atoms with van der Waals surface area (Å²) in [6.07, 6.45) is -2.90. The maximum atomic E-state index is 13.1. The summed E-state index contributed by atoms with van der Waals surface area (Å²) in [4.78, 5) is 73.8. The van der Waals surface area contributed by atoms with Gasteiger partial charge in [0.2, 0.25) is 5.82 Å². The fourth-order valence-electron chi connectivity index (χ4n) is 3.63. The van der Waals surface area contributed by atoms with Crippen LogP contribution in [-0.2, 0) is 47.7 Å². The van der Waals surface area contributed by atoms with Crippen LogP contribution >= 0.6 is 11.7 Å². The average molecular weight is 633 g/mol. The van der Waals surface area contributed by atoms with Crippen LogP contribution in [0.5, 0.6) is 5.88 Å². The maximum absolute atomic E-state index is 13.1. The van der Waals surface area contributed by atoms with Crippen molar-refractivity contribution >= 4 is 53.3 Å². The van der Waals surface area contributed by atoms with Gasteiger partial charge in [0.1, 0.15) is 6.61 Å². The minimum absolute atomic E-state index is 0.175.